The fraction of sp³-hybridized carbons (Fsp3) is 0.385. The topological polar surface area (TPSA) is 101 Å². The van der Waals surface area contributed by atoms with Gasteiger partial charge in [0.05, 0.1) is 11.3 Å². The van der Waals surface area contributed by atoms with Gasteiger partial charge >= 0.3 is 5.97 Å². The van der Waals surface area contributed by atoms with Crippen LogP contribution in [0.4, 0.5) is 5.69 Å². The van der Waals surface area contributed by atoms with Gasteiger partial charge in [0.15, 0.2) is 9.84 Å². The number of hydrogen-bond acceptors (Lipinski definition) is 4. The average Bonchev–Trinajstić information content (AvgIpc) is 2.25. The molecule has 0 heterocycles. The van der Waals surface area contributed by atoms with Crippen LogP contribution in [-0.4, -0.2) is 36.9 Å². The average molecular weight is 299 g/mol. The molecule has 1 aromatic carbocycles. The van der Waals surface area contributed by atoms with Crippen LogP contribution >= 0.6 is 0 Å². The first-order valence-electron chi connectivity index (χ1n) is 6.03. The third-order valence-corrected chi connectivity index (χ3v) is 4.21. The van der Waals surface area contributed by atoms with Gasteiger partial charge in [-0.05, 0) is 24.1 Å². The van der Waals surface area contributed by atoms with Gasteiger partial charge in [-0.15, -0.1) is 0 Å². The molecular weight excluding hydrogens is 282 g/mol. The van der Waals surface area contributed by atoms with Crippen LogP contribution in [-0.2, 0) is 14.6 Å². The molecule has 0 aromatic heterocycles. The second kappa shape index (κ2) is 6.51. The normalized spacial score (nSPS) is 11.3. The minimum Gasteiger partial charge on any atom is -0.478 e. The van der Waals surface area contributed by atoms with Gasteiger partial charge in [-0.1, -0.05) is 19.9 Å². The number of anilines is 1. The van der Waals surface area contributed by atoms with E-state index in [1.165, 1.54) is 24.3 Å². The van der Waals surface area contributed by atoms with E-state index in [2.05, 4.69) is 5.32 Å². The number of sulfone groups is 1. The van der Waals surface area contributed by atoms with Crippen molar-refractivity contribution in [2.24, 2.45) is 5.92 Å². The van der Waals surface area contributed by atoms with E-state index in [-0.39, 0.29) is 22.9 Å². The zero-order valence-corrected chi connectivity index (χ0v) is 12.1. The summed E-state index contributed by atoms with van der Waals surface area (Å²) < 4.78 is 23.3. The minimum atomic E-state index is -3.45. The maximum atomic E-state index is 11.7. The Morgan fingerprint density at radius 1 is 1.30 bits per heavy atom. The van der Waals surface area contributed by atoms with Crippen molar-refractivity contribution in [3.8, 4) is 0 Å². The number of rotatable bonds is 6. The van der Waals surface area contributed by atoms with Crippen LogP contribution < -0.4 is 5.32 Å². The molecule has 0 unspecified atom stereocenters. The largest absolute Gasteiger partial charge is 0.478 e. The number of aromatic carboxylic acids is 1. The van der Waals surface area contributed by atoms with Gasteiger partial charge in [-0.3, -0.25) is 4.79 Å². The molecule has 0 saturated heterocycles. The second-order valence-corrected chi connectivity index (χ2v) is 6.99. The van der Waals surface area contributed by atoms with Crippen LogP contribution in [0.2, 0.25) is 0 Å². The van der Waals surface area contributed by atoms with Gasteiger partial charge in [0, 0.05) is 5.69 Å². The number of carbonyl (C=O) groups excluding carboxylic acids is 1. The SMILES string of the molecule is CC(C)CS(=O)(=O)CC(=O)Nc1cccc(C(=O)O)c1. The quantitative estimate of drug-likeness (QED) is 0.826. The van der Waals surface area contributed by atoms with Crippen molar-refractivity contribution in [2.75, 3.05) is 16.8 Å². The third-order valence-electron chi connectivity index (χ3n) is 2.33. The Hall–Kier alpha value is -1.89. The molecule has 110 valence electrons. The number of nitrogens with one attached hydrogen (secondary N) is 1. The van der Waals surface area contributed by atoms with E-state index < -0.39 is 27.5 Å². The molecule has 1 rings (SSSR count). The summed E-state index contributed by atoms with van der Waals surface area (Å²) in [5.41, 5.74) is 0.280. The van der Waals surface area contributed by atoms with E-state index in [9.17, 15) is 18.0 Å². The predicted octanol–water partition coefficient (Wildman–Crippen LogP) is 1.39. The van der Waals surface area contributed by atoms with E-state index in [1.807, 2.05) is 0 Å². The lowest BCUT2D eigenvalue weighted by Crippen LogP contribution is -2.26. The van der Waals surface area contributed by atoms with Crippen molar-refractivity contribution < 1.29 is 23.1 Å². The van der Waals surface area contributed by atoms with Gasteiger partial charge in [-0.2, -0.15) is 0 Å². The summed E-state index contributed by atoms with van der Waals surface area (Å²) in [4.78, 5) is 22.4. The van der Waals surface area contributed by atoms with Crippen LogP contribution in [0.5, 0.6) is 0 Å². The van der Waals surface area contributed by atoms with Crippen molar-refractivity contribution in [1.82, 2.24) is 0 Å². The lowest BCUT2D eigenvalue weighted by atomic mass is 10.2. The fourth-order valence-corrected chi connectivity index (χ4v) is 3.30. The van der Waals surface area contributed by atoms with Crippen molar-refractivity contribution in [2.45, 2.75) is 13.8 Å². The molecule has 0 saturated carbocycles. The molecule has 0 aliphatic rings. The lowest BCUT2D eigenvalue weighted by molar-refractivity contribution is -0.113. The maximum Gasteiger partial charge on any atom is 0.335 e. The fourth-order valence-electron chi connectivity index (χ4n) is 1.69. The molecule has 0 aliphatic carbocycles. The molecule has 6 nitrogen and oxygen atoms in total. The van der Waals surface area contributed by atoms with Crippen LogP contribution in [0.1, 0.15) is 24.2 Å². The summed E-state index contributed by atoms with van der Waals surface area (Å²) in [5.74, 6) is -2.51. The van der Waals surface area contributed by atoms with Gasteiger partial charge in [0.25, 0.3) is 0 Å². The standard InChI is InChI=1S/C13H17NO5S/c1-9(2)7-20(18,19)8-12(15)14-11-5-3-4-10(6-11)13(16)17/h3-6,9H,7-8H2,1-2H3,(H,14,15)(H,16,17). The van der Waals surface area contributed by atoms with E-state index in [1.54, 1.807) is 13.8 Å². The Kier molecular flexibility index (Phi) is 5.26. The number of hydrogen-bond donors (Lipinski definition) is 2. The van der Waals surface area contributed by atoms with Crippen LogP contribution in [0.15, 0.2) is 24.3 Å². The Morgan fingerprint density at radius 2 is 1.95 bits per heavy atom. The highest BCUT2D eigenvalue weighted by Crippen LogP contribution is 2.11. The van der Waals surface area contributed by atoms with Gasteiger partial charge in [-0.25, -0.2) is 13.2 Å². The minimum absolute atomic E-state index is 0.0211. The zero-order chi connectivity index (χ0) is 15.3. The number of carbonyl (C=O) groups is 2. The molecule has 0 atom stereocenters. The molecule has 7 heteroatoms. The molecule has 0 spiro atoms. The molecule has 0 aliphatic heterocycles. The maximum absolute atomic E-state index is 11.7. The molecular formula is C13H17NO5S. The van der Waals surface area contributed by atoms with Gasteiger partial charge in [0.2, 0.25) is 5.91 Å². The second-order valence-electron chi connectivity index (χ2n) is 4.88. The van der Waals surface area contributed by atoms with E-state index >= 15 is 0 Å². The summed E-state index contributed by atoms with van der Waals surface area (Å²) in [7, 11) is -3.45. The highest BCUT2D eigenvalue weighted by atomic mass is 32.2. The Balaban J connectivity index is 2.72. The molecule has 0 fully saturated rings. The molecule has 2 N–H and O–H groups in total. The van der Waals surface area contributed by atoms with Gasteiger partial charge < -0.3 is 10.4 Å². The number of amides is 1. The number of benzene rings is 1. The number of carboxylic acid groups (broad SMARTS) is 1. The summed E-state index contributed by atoms with van der Waals surface area (Å²) in [6.07, 6.45) is 0. The van der Waals surface area contributed by atoms with E-state index in [4.69, 9.17) is 5.11 Å². The van der Waals surface area contributed by atoms with Crippen LogP contribution in [0, 0.1) is 5.92 Å². The monoisotopic (exact) mass is 299 g/mol. The summed E-state index contributed by atoms with van der Waals surface area (Å²) in [5, 5.41) is 11.2. The Labute approximate surface area is 117 Å². The molecule has 20 heavy (non-hydrogen) atoms. The van der Waals surface area contributed by atoms with E-state index in [0.717, 1.165) is 0 Å². The first-order valence-corrected chi connectivity index (χ1v) is 7.85. The van der Waals surface area contributed by atoms with Crippen LogP contribution in [0.3, 0.4) is 0 Å². The summed E-state index contributed by atoms with van der Waals surface area (Å²) in [6, 6.07) is 5.63. The lowest BCUT2D eigenvalue weighted by Gasteiger charge is -2.08. The predicted molar refractivity (Wildman–Crippen MR) is 75.5 cm³/mol. The third kappa shape index (κ3) is 5.40. The van der Waals surface area contributed by atoms with Crippen molar-refractivity contribution in [3.05, 3.63) is 29.8 Å². The first-order chi connectivity index (χ1) is 9.19. The molecule has 1 aromatic rings. The Morgan fingerprint density at radius 3 is 2.50 bits per heavy atom. The summed E-state index contributed by atoms with van der Waals surface area (Å²) in [6.45, 7) is 3.51. The number of carboxylic acids is 1. The van der Waals surface area contributed by atoms with Crippen molar-refractivity contribution >= 4 is 27.4 Å². The van der Waals surface area contributed by atoms with E-state index in [0.29, 0.717) is 0 Å². The van der Waals surface area contributed by atoms with Crippen molar-refractivity contribution in [1.29, 1.82) is 0 Å². The first kappa shape index (κ1) is 16.2. The van der Waals surface area contributed by atoms with Crippen molar-refractivity contribution in [3.63, 3.8) is 0 Å². The highest BCUT2D eigenvalue weighted by molar-refractivity contribution is 7.92. The van der Waals surface area contributed by atoms with Crippen LogP contribution in [0.25, 0.3) is 0 Å². The Bertz CT molecular complexity index is 607. The molecule has 0 radical (unpaired) electrons. The smallest absolute Gasteiger partial charge is 0.335 e. The highest BCUT2D eigenvalue weighted by Gasteiger charge is 2.18. The van der Waals surface area contributed by atoms with Gasteiger partial charge in [0.1, 0.15) is 5.75 Å². The molecule has 0 bridgehead atoms. The summed E-state index contributed by atoms with van der Waals surface area (Å²) >= 11 is 0. The zero-order valence-electron chi connectivity index (χ0n) is 11.3. The molecule has 1 amide bonds.